The van der Waals surface area contributed by atoms with Crippen molar-refractivity contribution in [1.29, 1.82) is 0 Å². The van der Waals surface area contributed by atoms with E-state index in [1.165, 1.54) is 0 Å². The highest BCUT2D eigenvalue weighted by Gasteiger charge is 2.62. The van der Waals surface area contributed by atoms with Crippen molar-refractivity contribution in [1.82, 2.24) is 0 Å². The van der Waals surface area contributed by atoms with E-state index in [0.717, 1.165) is 19.6 Å². The van der Waals surface area contributed by atoms with Gasteiger partial charge in [-0.15, -0.1) is 0 Å². The first-order chi connectivity index (χ1) is 5.62. The molecule has 0 N–H and O–H groups in total. The van der Waals surface area contributed by atoms with Gasteiger partial charge in [0.05, 0.1) is 18.8 Å². The van der Waals surface area contributed by atoms with Gasteiger partial charge >= 0.3 is 0 Å². The van der Waals surface area contributed by atoms with Crippen LogP contribution in [0.1, 0.15) is 20.3 Å². The van der Waals surface area contributed by atoms with Gasteiger partial charge in [0.25, 0.3) is 0 Å². The predicted octanol–water partition coefficient (Wildman–Crippen LogP) is 0.927. The Kier molecular flexibility index (Phi) is 1.13. The van der Waals surface area contributed by atoms with Gasteiger partial charge in [-0.25, -0.2) is 0 Å². The first-order valence-corrected chi connectivity index (χ1v) is 4.56. The Morgan fingerprint density at radius 1 is 1.25 bits per heavy atom. The molecule has 0 bridgehead atoms. The summed E-state index contributed by atoms with van der Waals surface area (Å²) in [5.41, 5.74) is 0.109. The molecule has 0 amide bonds. The molecule has 3 aliphatic heterocycles. The van der Waals surface area contributed by atoms with Crippen molar-refractivity contribution in [3.05, 3.63) is 0 Å². The summed E-state index contributed by atoms with van der Waals surface area (Å²) < 4.78 is 16.4. The summed E-state index contributed by atoms with van der Waals surface area (Å²) in [7, 11) is 0. The largest absolute Gasteiger partial charge is 0.370 e. The Morgan fingerprint density at radius 2 is 2.00 bits per heavy atom. The summed E-state index contributed by atoms with van der Waals surface area (Å²) in [5, 5.41) is 0. The van der Waals surface area contributed by atoms with E-state index in [-0.39, 0.29) is 17.5 Å². The standard InChI is InChI=1S/C9H14O3/c1-8-3-6(9(2)5-11-9)4-10-7(8)12-8/h6-7H,3-5H2,1-2H3. The van der Waals surface area contributed by atoms with Crippen LogP contribution in [0.15, 0.2) is 0 Å². The molecule has 0 aromatic rings. The number of hydrogen-bond acceptors (Lipinski definition) is 3. The van der Waals surface area contributed by atoms with E-state index in [4.69, 9.17) is 14.2 Å². The molecule has 3 nitrogen and oxygen atoms in total. The van der Waals surface area contributed by atoms with E-state index in [9.17, 15) is 0 Å². The quantitative estimate of drug-likeness (QED) is 0.549. The van der Waals surface area contributed by atoms with Crippen molar-refractivity contribution >= 4 is 0 Å². The lowest BCUT2D eigenvalue weighted by atomic mass is 9.85. The van der Waals surface area contributed by atoms with E-state index in [1.807, 2.05) is 0 Å². The van der Waals surface area contributed by atoms with Crippen molar-refractivity contribution in [2.24, 2.45) is 5.92 Å². The van der Waals surface area contributed by atoms with Crippen LogP contribution in [-0.4, -0.2) is 30.7 Å². The van der Waals surface area contributed by atoms with Gasteiger partial charge in [-0.3, -0.25) is 0 Å². The summed E-state index contributed by atoms with van der Waals surface area (Å²) in [4.78, 5) is 0. The molecule has 12 heavy (non-hydrogen) atoms. The zero-order chi connectivity index (χ0) is 8.40. The fourth-order valence-electron chi connectivity index (χ4n) is 2.06. The lowest BCUT2D eigenvalue weighted by molar-refractivity contribution is -0.00494. The zero-order valence-corrected chi connectivity index (χ0v) is 7.50. The topological polar surface area (TPSA) is 34.3 Å². The normalized spacial score (nSPS) is 62.5. The summed E-state index contributed by atoms with van der Waals surface area (Å²) in [6.07, 6.45) is 1.17. The fourth-order valence-corrected chi connectivity index (χ4v) is 2.06. The third-order valence-electron chi connectivity index (χ3n) is 3.38. The van der Waals surface area contributed by atoms with Crippen molar-refractivity contribution in [3.8, 4) is 0 Å². The summed E-state index contributed by atoms with van der Waals surface area (Å²) >= 11 is 0. The van der Waals surface area contributed by atoms with Gasteiger partial charge in [0, 0.05) is 5.92 Å². The molecule has 68 valence electrons. The molecular weight excluding hydrogens is 156 g/mol. The van der Waals surface area contributed by atoms with Gasteiger partial charge in [-0.2, -0.15) is 0 Å². The number of ether oxygens (including phenoxy) is 3. The number of rotatable bonds is 1. The first-order valence-electron chi connectivity index (χ1n) is 4.56. The maximum atomic E-state index is 5.53. The van der Waals surface area contributed by atoms with Crippen LogP contribution in [-0.2, 0) is 14.2 Å². The lowest BCUT2D eigenvalue weighted by Gasteiger charge is -2.26. The molecule has 0 spiro atoms. The molecule has 3 saturated heterocycles. The third-order valence-corrected chi connectivity index (χ3v) is 3.38. The second kappa shape index (κ2) is 1.86. The Bertz CT molecular complexity index is 224. The van der Waals surface area contributed by atoms with E-state index < -0.39 is 0 Å². The smallest absolute Gasteiger partial charge is 0.187 e. The number of epoxide rings is 2. The Hall–Kier alpha value is -0.120. The van der Waals surface area contributed by atoms with E-state index >= 15 is 0 Å². The third kappa shape index (κ3) is 0.873. The van der Waals surface area contributed by atoms with Gasteiger partial charge in [-0.05, 0) is 20.3 Å². The minimum Gasteiger partial charge on any atom is -0.370 e. The molecule has 3 rings (SSSR count). The highest BCUT2D eigenvalue weighted by Crippen LogP contribution is 2.51. The molecule has 0 aliphatic carbocycles. The van der Waals surface area contributed by atoms with Crippen LogP contribution in [0.4, 0.5) is 0 Å². The zero-order valence-electron chi connectivity index (χ0n) is 7.50. The Labute approximate surface area is 72.0 Å². The highest BCUT2D eigenvalue weighted by atomic mass is 16.8. The molecule has 0 radical (unpaired) electrons. The Balaban J connectivity index is 1.74. The van der Waals surface area contributed by atoms with E-state index in [0.29, 0.717) is 5.92 Å². The van der Waals surface area contributed by atoms with E-state index in [2.05, 4.69) is 13.8 Å². The van der Waals surface area contributed by atoms with Crippen LogP contribution in [0, 0.1) is 5.92 Å². The summed E-state index contributed by atoms with van der Waals surface area (Å²) in [6.45, 7) is 5.97. The fraction of sp³-hybridized carbons (Fsp3) is 1.00. The molecule has 3 aliphatic rings. The van der Waals surface area contributed by atoms with Crippen molar-refractivity contribution in [3.63, 3.8) is 0 Å². The molecule has 3 fully saturated rings. The SMILES string of the molecule is CC1(C2COC3OC3(C)C2)CO1. The average Bonchev–Trinajstić information content (AvgIpc) is 2.86. The highest BCUT2D eigenvalue weighted by molar-refractivity contribution is 5.05. The van der Waals surface area contributed by atoms with Crippen molar-refractivity contribution < 1.29 is 14.2 Å². The van der Waals surface area contributed by atoms with E-state index in [1.54, 1.807) is 0 Å². The molecule has 4 atom stereocenters. The molecule has 0 aromatic carbocycles. The molecule has 3 heterocycles. The van der Waals surface area contributed by atoms with Crippen molar-refractivity contribution in [2.45, 2.75) is 37.8 Å². The van der Waals surface area contributed by atoms with Crippen LogP contribution in [0.2, 0.25) is 0 Å². The van der Waals surface area contributed by atoms with Crippen LogP contribution < -0.4 is 0 Å². The maximum Gasteiger partial charge on any atom is 0.187 e. The van der Waals surface area contributed by atoms with Crippen LogP contribution in [0.25, 0.3) is 0 Å². The lowest BCUT2D eigenvalue weighted by Crippen LogP contribution is -2.35. The van der Waals surface area contributed by atoms with Crippen LogP contribution >= 0.6 is 0 Å². The van der Waals surface area contributed by atoms with Gasteiger partial charge in [0.1, 0.15) is 5.60 Å². The molecular formula is C9H14O3. The minimum atomic E-state index is 0.0118. The van der Waals surface area contributed by atoms with Gasteiger partial charge < -0.3 is 14.2 Å². The minimum absolute atomic E-state index is 0.0118. The molecule has 3 heteroatoms. The van der Waals surface area contributed by atoms with Crippen LogP contribution in [0.3, 0.4) is 0 Å². The second-order valence-electron chi connectivity index (χ2n) is 4.60. The van der Waals surface area contributed by atoms with Gasteiger partial charge in [0.15, 0.2) is 6.29 Å². The molecule has 0 aromatic heterocycles. The number of fused-ring (bicyclic) bond motifs is 1. The molecule has 4 unspecified atom stereocenters. The van der Waals surface area contributed by atoms with Crippen LogP contribution in [0.5, 0.6) is 0 Å². The van der Waals surface area contributed by atoms with Gasteiger partial charge in [0.2, 0.25) is 0 Å². The number of hydrogen-bond donors (Lipinski definition) is 0. The summed E-state index contributed by atoms with van der Waals surface area (Å²) in [5.74, 6) is 0.529. The monoisotopic (exact) mass is 170 g/mol. The van der Waals surface area contributed by atoms with Gasteiger partial charge in [-0.1, -0.05) is 0 Å². The summed E-state index contributed by atoms with van der Waals surface area (Å²) in [6, 6.07) is 0. The Morgan fingerprint density at radius 3 is 2.58 bits per heavy atom. The molecule has 0 saturated carbocycles. The maximum absolute atomic E-state index is 5.53. The first kappa shape index (κ1) is 7.30. The van der Waals surface area contributed by atoms with Crippen molar-refractivity contribution in [2.75, 3.05) is 13.2 Å². The predicted molar refractivity (Wildman–Crippen MR) is 41.7 cm³/mol. The average molecular weight is 170 g/mol. The second-order valence-corrected chi connectivity index (χ2v) is 4.60.